The Morgan fingerprint density at radius 3 is 2.17 bits per heavy atom. The number of carbonyl (C=O) groups is 2. The van der Waals surface area contributed by atoms with Gasteiger partial charge in [0.05, 0.1) is 6.10 Å². The number of amides is 2. The summed E-state index contributed by atoms with van der Waals surface area (Å²) in [4.78, 5) is 25.8. The Bertz CT molecular complexity index is 813. The molecule has 6 heteroatoms. The number of likely N-dealkylation sites (tertiary alicyclic amines) is 1. The first-order valence-corrected chi connectivity index (χ1v) is 10.0. The van der Waals surface area contributed by atoms with Crippen molar-refractivity contribution < 1.29 is 19.8 Å². The number of Topliss-reactive ketones (excluding diaryl/α,β-unsaturated/α-hetero) is 1. The number of aliphatic hydroxyl groups is 2. The smallest absolute Gasteiger partial charge is 0.318 e. The number of nitrogens with zero attached hydrogens (tertiary/aromatic N) is 1. The van der Waals surface area contributed by atoms with Gasteiger partial charge in [-0.25, -0.2) is 4.79 Å². The molecule has 3 N–H and O–H groups in total. The minimum absolute atomic E-state index is 0.379. The van der Waals surface area contributed by atoms with E-state index in [0.29, 0.717) is 19.0 Å². The summed E-state index contributed by atoms with van der Waals surface area (Å²) in [6, 6.07) is 17.4. The zero-order valence-electron chi connectivity index (χ0n) is 16.6. The van der Waals surface area contributed by atoms with E-state index < -0.39 is 24.5 Å². The summed E-state index contributed by atoms with van der Waals surface area (Å²) in [5.74, 6) is -0.211. The lowest BCUT2D eigenvalue weighted by molar-refractivity contribution is -0.125. The van der Waals surface area contributed by atoms with Crippen LogP contribution in [0, 0.1) is 0 Å². The number of hydrogen-bond acceptors (Lipinski definition) is 4. The molecule has 0 spiro atoms. The number of benzene rings is 2. The predicted octanol–water partition coefficient (Wildman–Crippen LogP) is 2.55. The van der Waals surface area contributed by atoms with Gasteiger partial charge < -0.3 is 20.4 Å². The van der Waals surface area contributed by atoms with E-state index in [1.54, 1.807) is 4.90 Å². The van der Waals surface area contributed by atoms with E-state index in [2.05, 4.69) is 41.7 Å². The Kier molecular flexibility index (Phi) is 7.01. The molecule has 0 unspecified atom stereocenters. The van der Waals surface area contributed by atoms with E-state index in [1.165, 1.54) is 23.6 Å². The monoisotopic (exact) mass is 396 g/mol. The number of aliphatic hydroxyl groups excluding tert-OH is 2. The summed E-state index contributed by atoms with van der Waals surface area (Å²) in [6.07, 6.45) is 0.621. The van der Waals surface area contributed by atoms with Gasteiger partial charge in [-0.05, 0) is 42.4 Å². The molecule has 0 aromatic heterocycles. The Labute approximate surface area is 171 Å². The second kappa shape index (κ2) is 9.67. The van der Waals surface area contributed by atoms with Crippen LogP contribution in [-0.2, 0) is 4.79 Å². The van der Waals surface area contributed by atoms with Gasteiger partial charge in [-0.1, -0.05) is 54.6 Å². The molecule has 2 aromatic carbocycles. The summed E-state index contributed by atoms with van der Waals surface area (Å²) in [7, 11) is 0. The Morgan fingerprint density at radius 2 is 1.62 bits per heavy atom. The molecule has 0 radical (unpaired) electrons. The van der Waals surface area contributed by atoms with E-state index in [-0.39, 0.29) is 6.03 Å². The Balaban J connectivity index is 1.56. The summed E-state index contributed by atoms with van der Waals surface area (Å²) in [5.41, 5.74) is 3.64. The number of piperidine rings is 1. The third-order valence-corrected chi connectivity index (χ3v) is 5.54. The fraction of sp³-hybridized carbons (Fsp3) is 0.391. The van der Waals surface area contributed by atoms with Gasteiger partial charge in [-0.2, -0.15) is 0 Å². The van der Waals surface area contributed by atoms with E-state index in [0.717, 1.165) is 12.8 Å². The van der Waals surface area contributed by atoms with Crippen LogP contribution in [0.5, 0.6) is 0 Å². The van der Waals surface area contributed by atoms with E-state index in [4.69, 9.17) is 5.11 Å². The molecule has 6 nitrogen and oxygen atoms in total. The highest BCUT2D eigenvalue weighted by Crippen LogP contribution is 2.30. The van der Waals surface area contributed by atoms with Crippen molar-refractivity contribution in [2.45, 2.75) is 37.8 Å². The van der Waals surface area contributed by atoms with Gasteiger partial charge in [0.2, 0.25) is 0 Å². The molecular weight excluding hydrogens is 368 g/mol. The molecule has 2 atom stereocenters. The molecule has 0 aliphatic carbocycles. The fourth-order valence-corrected chi connectivity index (χ4v) is 3.79. The summed E-state index contributed by atoms with van der Waals surface area (Å²) in [6.45, 7) is 1.87. The first-order valence-electron chi connectivity index (χ1n) is 10.0. The van der Waals surface area contributed by atoms with Crippen molar-refractivity contribution >= 4 is 11.8 Å². The van der Waals surface area contributed by atoms with Crippen molar-refractivity contribution in [2.24, 2.45) is 0 Å². The number of rotatable bonds is 6. The van der Waals surface area contributed by atoms with E-state index >= 15 is 0 Å². The largest absolute Gasteiger partial charge is 0.391 e. The number of urea groups is 1. The lowest BCUT2D eigenvalue weighted by Gasteiger charge is -2.33. The van der Waals surface area contributed by atoms with Gasteiger partial charge in [-0.3, -0.25) is 4.79 Å². The van der Waals surface area contributed by atoms with Crippen molar-refractivity contribution in [3.8, 4) is 11.1 Å². The van der Waals surface area contributed by atoms with Crippen LogP contribution in [0.4, 0.5) is 4.79 Å². The maximum absolute atomic E-state index is 12.4. The molecule has 1 saturated heterocycles. The average molecular weight is 396 g/mol. The van der Waals surface area contributed by atoms with E-state index in [9.17, 15) is 14.7 Å². The predicted molar refractivity (Wildman–Crippen MR) is 112 cm³/mol. The highest BCUT2D eigenvalue weighted by Gasteiger charge is 2.29. The molecule has 1 aliphatic rings. The maximum atomic E-state index is 12.4. The summed E-state index contributed by atoms with van der Waals surface area (Å²) < 4.78 is 0. The van der Waals surface area contributed by atoms with Gasteiger partial charge >= 0.3 is 6.03 Å². The number of carbonyl (C=O) groups excluding carboxylic acids is 2. The molecule has 1 heterocycles. The van der Waals surface area contributed by atoms with Crippen LogP contribution in [0.3, 0.4) is 0 Å². The Morgan fingerprint density at radius 1 is 1.03 bits per heavy atom. The highest BCUT2D eigenvalue weighted by molar-refractivity contribution is 5.89. The topological polar surface area (TPSA) is 89.9 Å². The van der Waals surface area contributed by atoms with Gasteiger partial charge in [-0.15, -0.1) is 0 Å². The van der Waals surface area contributed by atoms with Crippen LogP contribution in [0.15, 0.2) is 54.6 Å². The number of hydrogen-bond donors (Lipinski definition) is 3. The zero-order chi connectivity index (χ0) is 20.8. The van der Waals surface area contributed by atoms with E-state index in [1.807, 2.05) is 18.2 Å². The minimum atomic E-state index is -1.09. The molecule has 0 bridgehead atoms. The molecule has 3 rings (SSSR count). The molecule has 2 aromatic rings. The average Bonchev–Trinajstić information content (AvgIpc) is 2.77. The van der Waals surface area contributed by atoms with Crippen LogP contribution in [0.1, 0.15) is 31.2 Å². The normalized spacial score (nSPS) is 16.9. The molecular formula is C23H28N2O4. The fourth-order valence-electron chi connectivity index (χ4n) is 3.79. The van der Waals surface area contributed by atoms with Gasteiger partial charge in [0.1, 0.15) is 12.6 Å². The second-order valence-corrected chi connectivity index (χ2v) is 7.54. The molecule has 1 aliphatic heterocycles. The first-order chi connectivity index (χ1) is 14.0. The second-order valence-electron chi connectivity index (χ2n) is 7.54. The highest BCUT2D eigenvalue weighted by atomic mass is 16.3. The van der Waals surface area contributed by atoms with Crippen molar-refractivity contribution in [1.82, 2.24) is 10.2 Å². The van der Waals surface area contributed by atoms with Crippen LogP contribution in [0.25, 0.3) is 11.1 Å². The lowest BCUT2D eigenvalue weighted by atomic mass is 9.88. The number of ketones is 1. The lowest BCUT2D eigenvalue weighted by Crippen LogP contribution is -2.54. The minimum Gasteiger partial charge on any atom is -0.391 e. The van der Waals surface area contributed by atoms with Gasteiger partial charge in [0.15, 0.2) is 5.78 Å². The third kappa shape index (κ3) is 5.22. The molecule has 29 heavy (non-hydrogen) atoms. The van der Waals surface area contributed by atoms with Crippen LogP contribution >= 0.6 is 0 Å². The van der Waals surface area contributed by atoms with Gasteiger partial charge in [0.25, 0.3) is 0 Å². The van der Waals surface area contributed by atoms with Crippen molar-refractivity contribution in [1.29, 1.82) is 0 Å². The zero-order valence-corrected chi connectivity index (χ0v) is 16.6. The van der Waals surface area contributed by atoms with Crippen molar-refractivity contribution in [3.05, 3.63) is 60.2 Å². The molecule has 1 fully saturated rings. The third-order valence-electron chi connectivity index (χ3n) is 5.54. The van der Waals surface area contributed by atoms with Crippen molar-refractivity contribution in [2.75, 3.05) is 19.7 Å². The van der Waals surface area contributed by atoms with Crippen LogP contribution in [0.2, 0.25) is 0 Å². The van der Waals surface area contributed by atoms with Crippen molar-refractivity contribution in [3.63, 3.8) is 0 Å². The first kappa shape index (κ1) is 21.0. The standard InChI is InChI=1S/C23H28N2O4/c1-16(27)22(21(28)15-26)24-23(29)25-13-11-20(12-14-25)19-9-7-18(8-10-19)17-5-3-2-4-6-17/h2-10,16,20,22,26-27H,11-15H2,1H3,(H,24,29)/t16-,22+/m1/s1. The molecule has 0 saturated carbocycles. The number of nitrogens with one attached hydrogen (secondary N) is 1. The summed E-state index contributed by atoms with van der Waals surface area (Å²) >= 11 is 0. The van der Waals surface area contributed by atoms with Crippen LogP contribution in [-0.4, -0.2) is 58.8 Å². The Hall–Kier alpha value is -2.70. The molecule has 2 amide bonds. The summed E-state index contributed by atoms with van der Waals surface area (Å²) in [5, 5.41) is 21.2. The van der Waals surface area contributed by atoms with Gasteiger partial charge in [0, 0.05) is 13.1 Å². The quantitative estimate of drug-likeness (QED) is 0.700. The SMILES string of the molecule is C[C@@H](O)[C@H](NC(=O)N1CCC(c2ccc(-c3ccccc3)cc2)CC1)C(=O)CO. The van der Waals surface area contributed by atoms with Crippen LogP contribution < -0.4 is 5.32 Å². The molecule has 154 valence electrons. The maximum Gasteiger partial charge on any atom is 0.318 e.